The molecule has 1 N–H and O–H groups in total. The van der Waals surface area contributed by atoms with Gasteiger partial charge in [-0.2, -0.15) is 5.26 Å². The van der Waals surface area contributed by atoms with Crippen molar-refractivity contribution in [3.8, 4) is 17.2 Å². The molecule has 1 atom stereocenters. The maximum absolute atomic E-state index is 12.1. The van der Waals surface area contributed by atoms with Gasteiger partial charge < -0.3 is 0 Å². The lowest BCUT2D eigenvalue weighted by Crippen LogP contribution is -2.31. The van der Waals surface area contributed by atoms with Crippen LogP contribution in [0.1, 0.15) is 36.9 Å². The summed E-state index contributed by atoms with van der Waals surface area (Å²) in [7, 11) is -3.38. The summed E-state index contributed by atoms with van der Waals surface area (Å²) < 4.78 is 26.9. The number of benzene rings is 1. The summed E-state index contributed by atoms with van der Waals surface area (Å²) in [5.74, 6) is 0.224. The highest BCUT2D eigenvalue weighted by molar-refractivity contribution is 7.89. The highest BCUT2D eigenvalue weighted by atomic mass is 35.5. The van der Waals surface area contributed by atoms with Crippen molar-refractivity contribution >= 4 is 33.2 Å². The number of sulfonamides is 1. The molecule has 1 aromatic heterocycles. The van der Waals surface area contributed by atoms with Crippen LogP contribution in [0.3, 0.4) is 0 Å². The van der Waals surface area contributed by atoms with Gasteiger partial charge in [0.25, 0.3) is 0 Å². The Hall–Kier alpha value is -1.65. The van der Waals surface area contributed by atoms with E-state index in [2.05, 4.69) is 9.71 Å². The van der Waals surface area contributed by atoms with Gasteiger partial charge in [-0.3, -0.25) is 4.98 Å². The number of hydrogen-bond donors (Lipinski definition) is 1. The molecule has 0 amide bonds. The molecule has 136 valence electrons. The van der Waals surface area contributed by atoms with Crippen molar-refractivity contribution in [1.29, 1.82) is 5.26 Å². The second kappa shape index (κ2) is 7.53. The zero-order chi connectivity index (χ0) is 18.9. The third kappa shape index (κ3) is 4.02. The molecule has 1 fully saturated rings. The van der Waals surface area contributed by atoms with E-state index in [0.29, 0.717) is 26.7 Å². The van der Waals surface area contributed by atoms with Gasteiger partial charge in [0.15, 0.2) is 0 Å². The van der Waals surface area contributed by atoms with Crippen molar-refractivity contribution in [2.24, 2.45) is 5.92 Å². The maximum atomic E-state index is 12.1. The maximum Gasteiger partial charge on any atom is 0.211 e. The van der Waals surface area contributed by atoms with E-state index in [-0.39, 0.29) is 11.7 Å². The SMILES string of the molecule is CCS(=O)(=O)NC(c1cncc(-c2ccc(C#N)c(Cl)c2)c1Cl)C1CC1. The van der Waals surface area contributed by atoms with Gasteiger partial charge in [0.2, 0.25) is 10.0 Å². The summed E-state index contributed by atoms with van der Waals surface area (Å²) in [6.07, 6.45) is 5.11. The average Bonchev–Trinajstić information content (AvgIpc) is 3.45. The zero-order valence-electron chi connectivity index (χ0n) is 14.0. The Morgan fingerprint density at radius 2 is 2.08 bits per heavy atom. The summed E-state index contributed by atoms with van der Waals surface area (Å²) in [6, 6.07) is 6.66. The predicted molar refractivity (Wildman–Crippen MR) is 102 cm³/mol. The molecule has 1 aliphatic rings. The number of nitriles is 1. The number of nitrogens with one attached hydrogen (secondary N) is 1. The minimum atomic E-state index is -3.38. The summed E-state index contributed by atoms with van der Waals surface area (Å²) in [5.41, 5.74) is 2.41. The van der Waals surface area contributed by atoms with Crippen molar-refractivity contribution in [2.75, 3.05) is 5.75 Å². The van der Waals surface area contributed by atoms with Gasteiger partial charge in [0.05, 0.1) is 27.4 Å². The first-order valence-electron chi connectivity index (χ1n) is 8.19. The number of aromatic nitrogens is 1. The van der Waals surface area contributed by atoms with Crippen molar-refractivity contribution in [2.45, 2.75) is 25.8 Å². The van der Waals surface area contributed by atoms with Gasteiger partial charge in [-0.25, -0.2) is 13.1 Å². The molecule has 0 aliphatic heterocycles. The smallest absolute Gasteiger partial charge is 0.211 e. The van der Waals surface area contributed by atoms with Crippen LogP contribution in [0, 0.1) is 17.2 Å². The molecule has 0 saturated heterocycles. The van der Waals surface area contributed by atoms with Gasteiger partial charge in [0, 0.05) is 23.5 Å². The van der Waals surface area contributed by atoms with E-state index < -0.39 is 16.1 Å². The van der Waals surface area contributed by atoms with Gasteiger partial charge in [-0.05, 0) is 43.4 Å². The van der Waals surface area contributed by atoms with Crippen LogP contribution in [0.15, 0.2) is 30.6 Å². The molecule has 5 nitrogen and oxygen atoms in total. The predicted octanol–water partition coefficient (Wildman–Crippen LogP) is 4.32. The van der Waals surface area contributed by atoms with E-state index in [4.69, 9.17) is 28.5 Å². The quantitative estimate of drug-likeness (QED) is 0.769. The van der Waals surface area contributed by atoms with Crippen LogP contribution in [0.25, 0.3) is 11.1 Å². The fourth-order valence-electron chi connectivity index (χ4n) is 2.77. The van der Waals surface area contributed by atoms with Crippen LogP contribution in [-0.4, -0.2) is 19.2 Å². The van der Waals surface area contributed by atoms with E-state index >= 15 is 0 Å². The zero-order valence-corrected chi connectivity index (χ0v) is 16.4. The Bertz CT molecular complexity index is 982. The minimum absolute atomic E-state index is 0.00614. The second-order valence-corrected chi connectivity index (χ2v) is 9.06. The van der Waals surface area contributed by atoms with E-state index in [1.807, 2.05) is 6.07 Å². The molecule has 0 bridgehead atoms. The van der Waals surface area contributed by atoms with E-state index in [9.17, 15) is 8.42 Å². The first-order chi connectivity index (χ1) is 12.4. The minimum Gasteiger partial charge on any atom is -0.264 e. The van der Waals surface area contributed by atoms with Gasteiger partial charge in [-0.1, -0.05) is 29.3 Å². The summed E-state index contributed by atoms with van der Waals surface area (Å²) >= 11 is 12.7. The van der Waals surface area contributed by atoms with Crippen LogP contribution in [0.2, 0.25) is 10.0 Å². The van der Waals surface area contributed by atoms with Crippen LogP contribution in [-0.2, 0) is 10.0 Å². The Labute approximate surface area is 163 Å². The first-order valence-corrected chi connectivity index (χ1v) is 10.6. The molecule has 1 unspecified atom stereocenters. The third-order valence-electron chi connectivity index (χ3n) is 4.42. The Balaban J connectivity index is 2.04. The number of rotatable bonds is 6. The van der Waals surface area contributed by atoms with Gasteiger partial charge in [-0.15, -0.1) is 0 Å². The Morgan fingerprint density at radius 3 is 2.65 bits per heavy atom. The van der Waals surface area contributed by atoms with Crippen molar-refractivity contribution in [3.05, 3.63) is 51.8 Å². The van der Waals surface area contributed by atoms with Crippen LogP contribution in [0.5, 0.6) is 0 Å². The Morgan fingerprint density at radius 1 is 1.35 bits per heavy atom. The molecule has 26 heavy (non-hydrogen) atoms. The summed E-state index contributed by atoms with van der Waals surface area (Å²) in [5, 5.41) is 9.78. The number of pyridine rings is 1. The molecule has 1 heterocycles. The van der Waals surface area contributed by atoms with E-state index in [0.717, 1.165) is 18.4 Å². The lowest BCUT2D eigenvalue weighted by Gasteiger charge is -2.20. The molecule has 1 aromatic carbocycles. The van der Waals surface area contributed by atoms with Crippen LogP contribution in [0.4, 0.5) is 0 Å². The normalized spacial score (nSPS) is 15.5. The molecule has 1 aliphatic carbocycles. The number of halogens is 2. The molecular weight excluding hydrogens is 393 g/mol. The fourth-order valence-corrected chi connectivity index (χ4v) is 4.19. The molecule has 2 aromatic rings. The lowest BCUT2D eigenvalue weighted by molar-refractivity contribution is 0.529. The molecule has 0 radical (unpaired) electrons. The monoisotopic (exact) mass is 409 g/mol. The molecule has 3 rings (SSSR count). The van der Waals surface area contributed by atoms with Crippen LogP contribution < -0.4 is 4.72 Å². The van der Waals surface area contributed by atoms with Crippen molar-refractivity contribution in [3.63, 3.8) is 0 Å². The number of hydrogen-bond acceptors (Lipinski definition) is 4. The van der Waals surface area contributed by atoms with E-state index in [1.165, 1.54) is 0 Å². The summed E-state index contributed by atoms with van der Waals surface area (Å²) in [4.78, 5) is 4.25. The summed E-state index contributed by atoms with van der Waals surface area (Å²) in [6.45, 7) is 1.60. The lowest BCUT2D eigenvalue weighted by atomic mass is 9.99. The fraction of sp³-hybridized carbons (Fsp3) is 0.333. The molecular formula is C18H17Cl2N3O2S. The Kier molecular flexibility index (Phi) is 5.54. The topological polar surface area (TPSA) is 82.8 Å². The molecule has 1 saturated carbocycles. The first kappa shape index (κ1) is 19.1. The van der Waals surface area contributed by atoms with E-state index in [1.54, 1.807) is 37.5 Å². The average molecular weight is 410 g/mol. The van der Waals surface area contributed by atoms with Gasteiger partial charge in [0.1, 0.15) is 6.07 Å². The van der Waals surface area contributed by atoms with Crippen LogP contribution >= 0.6 is 23.2 Å². The highest BCUT2D eigenvalue weighted by Gasteiger charge is 2.36. The highest BCUT2D eigenvalue weighted by Crippen LogP contribution is 2.45. The second-order valence-electron chi connectivity index (χ2n) is 6.23. The molecule has 8 heteroatoms. The van der Waals surface area contributed by atoms with Crippen molar-refractivity contribution in [1.82, 2.24) is 9.71 Å². The standard InChI is InChI=1S/C18H17Cl2N3O2S/c1-2-26(24,25)23-18(11-3-4-11)15-10-22-9-14(17(15)20)12-5-6-13(8-21)16(19)7-12/h5-7,9-11,18,23H,2-4H2,1H3. The van der Waals surface area contributed by atoms with Gasteiger partial charge >= 0.3 is 0 Å². The third-order valence-corrected chi connectivity index (χ3v) is 6.53. The number of nitrogens with zero attached hydrogens (tertiary/aromatic N) is 2. The van der Waals surface area contributed by atoms with Crippen molar-refractivity contribution < 1.29 is 8.42 Å². The molecule has 0 spiro atoms. The largest absolute Gasteiger partial charge is 0.264 e.